The summed E-state index contributed by atoms with van der Waals surface area (Å²) in [6.07, 6.45) is -0.294. The summed E-state index contributed by atoms with van der Waals surface area (Å²) in [5.41, 5.74) is 0. The molecule has 0 unspecified atom stereocenters. The minimum Gasteiger partial charge on any atom is -0.481 e. The molecule has 0 saturated carbocycles. The average molecular weight is 293 g/mol. The Morgan fingerprint density at radius 1 is 1.58 bits per heavy atom. The topological polar surface area (TPSA) is 138 Å². The zero-order chi connectivity index (χ0) is 14.5. The minimum atomic E-state index is -3.88. The summed E-state index contributed by atoms with van der Waals surface area (Å²) in [7, 11) is -2.62. The highest BCUT2D eigenvalue weighted by Gasteiger charge is 2.20. The van der Waals surface area contributed by atoms with Gasteiger partial charge in [0, 0.05) is 13.6 Å². The van der Waals surface area contributed by atoms with Gasteiger partial charge in [0.25, 0.3) is 0 Å². The lowest BCUT2D eigenvalue weighted by atomic mass is 10.4. The van der Waals surface area contributed by atoms with Crippen LogP contribution in [0.1, 0.15) is 13.3 Å². The molecule has 1 aromatic rings. The summed E-state index contributed by atoms with van der Waals surface area (Å²) in [4.78, 5) is 14.1. The third-order valence-electron chi connectivity index (χ3n) is 2.01. The zero-order valence-corrected chi connectivity index (χ0v) is 11.3. The molecule has 0 radical (unpaired) electrons. The number of rotatable bonds is 8. The van der Waals surface area contributed by atoms with E-state index in [1.807, 2.05) is 0 Å². The standard InChI is InChI=1S/C8H15N5O5S/c1-3-18-8-9-7(10-11-8)12-19(16,17)13(2)5-4-6(14)15/h3-5H2,1-2H3,(H,14,15)(H2,9,10,11,12). The van der Waals surface area contributed by atoms with Gasteiger partial charge in [0.1, 0.15) is 0 Å². The summed E-state index contributed by atoms with van der Waals surface area (Å²) in [6.45, 7) is 1.93. The first-order valence-electron chi connectivity index (χ1n) is 5.36. The van der Waals surface area contributed by atoms with E-state index in [-0.39, 0.29) is 24.9 Å². The molecule has 0 bridgehead atoms. The number of aromatic amines is 1. The van der Waals surface area contributed by atoms with Crippen LogP contribution in [0.5, 0.6) is 6.01 Å². The van der Waals surface area contributed by atoms with E-state index in [1.54, 1.807) is 6.92 Å². The molecule has 1 heterocycles. The number of H-pyrrole nitrogens is 1. The molecular weight excluding hydrogens is 278 g/mol. The molecule has 1 aromatic heterocycles. The second-order valence-electron chi connectivity index (χ2n) is 3.47. The molecule has 0 fully saturated rings. The Bertz CT molecular complexity index is 527. The predicted octanol–water partition coefficient (Wildman–Crippen LogP) is -0.733. The van der Waals surface area contributed by atoms with Crippen LogP contribution in [-0.4, -0.2) is 59.2 Å². The van der Waals surface area contributed by atoms with Gasteiger partial charge in [-0.05, 0) is 6.92 Å². The van der Waals surface area contributed by atoms with E-state index in [4.69, 9.17) is 9.84 Å². The van der Waals surface area contributed by atoms with Gasteiger partial charge in [-0.1, -0.05) is 0 Å². The first kappa shape index (κ1) is 15.2. The molecule has 0 saturated heterocycles. The lowest BCUT2D eigenvalue weighted by Crippen LogP contribution is -2.34. The van der Waals surface area contributed by atoms with Crippen molar-refractivity contribution >= 4 is 22.1 Å². The Morgan fingerprint density at radius 2 is 2.26 bits per heavy atom. The molecule has 0 aliphatic rings. The molecule has 19 heavy (non-hydrogen) atoms. The number of nitrogens with one attached hydrogen (secondary N) is 2. The van der Waals surface area contributed by atoms with Crippen molar-refractivity contribution in [3.8, 4) is 6.01 Å². The van der Waals surface area contributed by atoms with Crippen molar-refractivity contribution in [2.45, 2.75) is 13.3 Å². The van der Waals surface area contributed by atoms with Crippen molar-refractivity contribution in [3.63, 3.8) is 0 Å². The fourth-order valence-electron chi connectivity index (χ4n) is 1.06. The number of nitrogens with zero attached hydrogens (tertiary/aromatic N) is 3. The Kier molecular flexibility index (Phi) is 5.06. The number of hydrogen-bond acceptors (Lipinski definition) is 6. The van der Waals surface area contributed by atoms with Crippen molar-refractivity contribution in [2.24, 2.45) is 0 Å². The van der Waals surface area contributed by atoms with Crippen LogP contribution < -0.4 is 9.46 Å². The van der Waals surface area contributed by atoms with E-state index in [2.05, 4.69) is 19.9 Å². The van der Waals surface area contributed by atoms with Gasteiger partial charge in [-0.2, -0.15) is 17.7 Å². The Balaban J connectivity index is 2.64. The molecule has 11 heteroatoms. The lowest BCUT2D eigenvalue weighted by molar-refractivity contribution is -0.137. The minimum absolute atomic E-state index is 0.0217. The summed E-state index contributed by atoms with van der Waals surface area (Å²) in [5, 5.41) is 14.5. The van der Waals surface area contributed by atoms with Crippen LogP contribution >= 0.6 is 0 Å². The fraction of sp³-hybridized carbons (Fsp3) is 0.625. The van der Waals surface area contributed by atoms with E-state index < -0.39 is 16.2 Å². The number of ether oxygens (including phenoxy) is 1. The molecule has 0 amide bonds. The summed E-state index contributed by atoms with van der Waals surface area (Å²) < 4.78 is 31.5. The molecule has 0 spiro atoms. The molecule has 0 aliphatic carbocycles. The van der Waals surface area contributed by atoms with Crippen LogP contribution in [0.3, 0.4) is 0 Å². The smallest absolute Gasteiger partial charge is 0.337 e. The van der Waals surface area contributed by atoms with Crippen molar-refractivity contribution in [1.29, 1.82) is 0 Å². The third-order valence-corrected chi connectivity index (χ3v) is 3.47. The highest BCUT2D eigenvalue weighted by atomic mass is 32.2. The van der Waals surface area contributed by atoms with Crippen LogP contribution in [0.2, 0.25) is 0 Å². The van der Waals surface area contributed by atoms with Crippen molar-refractivity contribution in [1.82, 2.24) is 19.5 Å². The molecule has 108 valence electrons. The summed E-state index contributed by atoms with van der Waals surface area (Å²) in [6, 6.07) is 0.0217. The van der Waals surface area contributed by atoms with Gasteiger partial charge in [-0.15, -0.1) is 5.10 Å². The first-order valence-corrected chi connectivity index (χ1v) is 6.80. The average Bonchev–Trinajstić information content (AvgIpc) is 2.73. The number of anilines is 1. The van der Waals surface area contributed by atoms with Gasteiger partial charge >= 0.3 is 22.2 Å². The predicted molar refractivity (Wildman–Crippen MR) is 65.0 cm³/mol. The molecular formula is C8H15N5O5S. The van der Waals surface area contributed by atoms with Crippen LogP contribution in [0.25, 0.3) is 0 Å². The third kappa shape index (κ3) is 4.71. The molecule has 0 aromatic carbocycles. The van der Waals surface area contributed by atoms with E-state index >= 15 is 0 Å². The second kappa shape index (κ2) is 6.33. The first-order chi connectivity index (χ1) is 8.85. The number of carboxylic acids is 1. The van der Waals surface area contributed by atoms with Crippen molar-refractivity contribution in [2.75, 3.05) is 24.9 Å². The second-order valence-corrected chi connectivity index (χ2v) is 5.25. The zero-order valence-electron chi connectivity index (χ0n) is 10.5. The van der Waals surface area contributed by atoms with Gasteiger partial charge in [-0.25, -0.2) is 9.82 Å². The summed E-state index contributed by atoms with van der Waals surface area (Å²) >= 11 is 0. The molecule has 3 N–H and O–H groups in total. The van der Waals surface area contributed by atoms with Crippen LogP contribution in [0.15, 0.2) is 0 Å². The van der Waals surface area contributed by atoms with Crippen molar-refractivity contribution in [3.05, 3.63) is 0 Å². The maximum Gasteiger partial charge on any atom is 0.337 e. The largest absolute Gasteiger partial charge is 0.481 e. The SMILES string of the molecule is CCOc1n[nH]c(NS(=O)(=O)N(C)CCC(=O)O)n1. The Labute approximate surface area is 110 Å². The van der Waals surface area contributed by atoms with E-state index in [1.165, 1.54) is 7.05 Å². The van der Waals surface area contributed by atoms with Gasteiger partial charge in [0.2, 0.25) is 5.95 Å². The number of carboxylic acid groups (broad SMARTS) is 1. The monoisotopic (exact) mass is 293 g/mol. The number of aliphatic carboxylic acids is 1. The van der Waals surface area contributed by atoms with E-state index in [0.717, 1.165) is 4.31 Å². The molecule has 1 rings (SSSR count). The van der Waals surface area contributed by atoms with Gasteiger partial charge in [-0.3, -0.25) is 4.79 Å². The van der Waals surface area contributed by atoms with E-state index in [9.17, 15) is 13.2 Å². The molecule has 0 atom stereocenters. The van der Waals surface area contributed by atoms with Gasteiger partial charge in [0.05, 0.1) is 13.0 Å². The quantitative estimate of drug-likeness (QED) is 0.574. The Hall–Kier alpha value is -1.88. The number of hydrogen-bond donors (Lipinski definition) is 3. The summed E-state index contributed by atoms with van der Waals surface area (Å²) in [5.74, 6) is -1.19. The number of aromatic nitrogens is 3. The number of carbonyl (C=O) groups is 1. The molecule has 10 nitrogen and oxygen atoms in total. The highest BCUT2D eigenvalue weighted by molar-refractivity contribution is 7.90. The van der Waals surface area contributed by atoms with Crippen LogP contribution in [0, 0.1) is 0 Å². The van der Waals surface area contributed by atoms with Gasteiger partial charge < -0.3 is 9.84 Å². The van der Waals surface area contributed by atoms with Crippen LogP contribution in [-0.2, 0) is 15.0 Å². The van der Waals surface area contributed by atoms with E-state index in [0.29, 0.717) is 6.61 Å². The van der Waals surface area contributed by atoms with Gasteiger partial charge in [0.15, 0.2) is 0 Å². The molecule has 0 aliphatic heterocycles. The maximum absolute atomic E-state index is 11.8. The normalized spacial score (nSPS) is 11.5. The maximum atomic E-state index is 11.8. The Morgan fingerprint density at radius 3 is 2.84 bits per heavy atom. The lowest BCUT2D eigenvalue weighted by Gasteiger charge is -2.15. The fourth-order valence-corrected chi connectivity index (χ4v) is 1.88. The highest BCUT2D eigenvalue weighted by Crippen LogP contribution is 2.09. The van der Waals surface area contributed by atoms with Crippen molar-refractivity contribution < 1.29 is 23.1 Å². The van der Waals surface area contributed by atoms with Crippen LogP contribution in [0.4, 0.5) is 5.95 Å².